The highest BCUT2D eigenvalue weighted by molar-refractivity contribution is 6.06. The molecule has 0 aromatic heterocycles. The molecule has 1 unspecified atom stereocenters. The lowest BCUT2D eigenvalue weighted by Crippen LogP contribution is -2.58. The molecule has 9 nitrogen and oxygen atoms in total. The molecule has 4 aliphatic heterocycles. The van der Waals surface area contributed by atoms with Crippen LogP contribution in [0.15, 0.2) is 48.6 Å². The van der Waals surface area contributed by atoms with Gasteiger partial charge < -0.3 is 29.4 Å². The fourth-order valence-electron chi connectivity index (χ4n) is 6.67. The van der Waals surface area contributed by atoms with Gasteiger partial charge in [0.15, 0.2) is 0 Å². The number of amides is 3. The number of aliphatic hydroxyl groups is 1. The van der Waals surface area contributed by atoms with Crippen LogP contribution in [0.25, 0.3) is 0 Å². The van der Waals surface area contributed by atoms with Crippen molar-refractivity contribution >= 4 is 29.1 Å². The highest BCUT2D eigenvalue weighted by Crippen LogP contribution is 2.54. The van der Waals surface area contributed by atoms with E-state index in [1.807, 2.05) is 55.5 Å². The van der Waals surface area contributed by atoms with Gasteiger partial charge in [-0.2, -0.15) is 0 Å². The summed E-state index contributed by atoms with van der Waals surface area (Å²) in [4.78, 5) is 49.0. The second kappa shape index (κ2) is 10.2. The Hall–Kier alpha value is -3.17. The fraction of sp³-hybridized carbons (Fsp3) is 0.552. The molecule has 0 aliphatic carbocycles. The standard InChI is InChI=1S/C29H38N4O5/c1-5-19(18-34)33-25-28(37)32(21-13-11-20(12-14-21)31(6-2)7-3)17-9-15-29(25)24(27(33)36)23-22(38-29)10-8-16-30(4)26(23)35/h8-15,19,22-25,34H,5-7,16-18H2,1-4H3/t19-,22-,23+,24-,25?,29-/m0/s1. The predicted molar refractivity (Wildman–Crippen MR) is 145 cm³/mol. The van der Waals surface area contributed by atoms with Crippen molar-refractivity contribution in [1.29, 1.82) is 0 Å². The summed E-state index contributed by atoms with van der Waals surface area (Å²) in [5.41, 5.74) is 0.509. The number of benzene rings is 1. The summed E-state index contributed by atoms with van der Waals surface area (Å²) in [5.74, 6) is -2.32. The van der Waals surface area contributed by atoms with Crippen molar-refractivity contribution in [3.8, 4) is 0 Å². The Morgan fingerprint density at radius 1 is 1.03 bits per heavy atom. The molecule has 1 aromatic carbocycles. The molecule has 0 bridgehead atoms. The van der Waals surface area contributed by atoms with Crippen molar-refractivity contribution < 1.29 is 24.2 Å². The monoisotopic (exact) mass is 522 g/mol. The van der Waals surface area contributed by atoms with Gasteiger partial charge in [0.2, 0.25) is 11.8 Å². The van der Waals surface area contributed by atoms with Gasteiger partial charge in [-0.1, -0.05) is 31.2 Å². The number of hydrogen-bond donors (Lipinski definition) is 1. The van der Waals surface area contributed by atoms with Crippen molar-refractivity contribution in [1.82, 2.24) is 9.80 Å². The van der Waals surface area contributed by atoms with E-state index in [4.69, 9.17) is 4.74 Å². The summed E-state index contributed by atoms with van der Waals surface area (Å²) in [6.07, 6.45) is 7.32. The normalized spacial score (nSPS) is 31.2. The zero-order chi connectivity index (χ0) is 27.2. The molecule has 0 saturated carbocycles. The minimum Gasteiger partial charge on any atom is -0.394 e. The van der Waals surface area contributed by atoms with Crippen molar-refractivity contribution in [3.05, 3.63) is 48.6 Å². The topological polar surface area (TPSA) is 93.6 Å². The maximum Gasteiger partial charge on any atom is 0.253 e. The third-order valence-corrected chi connectivity index (χ3v) is 8.66. The maximum absolute atomic E-state index is 14.4. The average molecular weight is 523 g/mol. The molecule has 5 rings (SSSR count). The van der Waals surface area contributed by atoms with Gasteiger partial charge in [0, 0.05) is 44.6 Å². The number of nitrogens with zero attached hydrogens (tertiary/aromatic N) is 4. The first-order chi connectivity index (χ1) is 18.3. The van der Waals surface area contributed by atoms with Gasteiger partial charge in [-0.3, -0.25) is 14.4 Å². The van der Waals surface area contributed by atoms with Crippen LogP contribution >= 0.6 is 0 Å². The molecule has 3 amide bonds. The molecule has 4 heterocycles. The Morgan fingerprint density at radius 2 is 1.74 bits per heavy atom. The van der Waals surface area contributed by atoms with Crippen molar-refractivity contribution in [3.63, 3.8) is 0 Å². The third kappa shape index (κ3) is 3.86. The number of aliphatic hydroxyl groups excluding tert-OH is 1. The lowest BCUT2D eigenvalue weighted by molar-refractivity contribution is -0.146. The number of ether oxygens (including phenoxy) is 1. The minimum absolute atomic E-state index is 0.165. The highest BCUT2D eigenvalue weighted by atomic mass is 16.5. The lowest BCUT2D eigenvalue weighted by Gasteiger charge is -2.38. The Kier molecular flexibility index (Phi) is 7.09. The van der Waals surface area contributed by atoms with Gasteiger partial charge in [0.1, 0.15) is 11.6 Å². The molecule has 0 radical (unpaired) electrons. The molecule has 4 aliphatic rings. The predicted octanol–water partition coefficient (Wildman–Crippen LogP) is 1.82. The van der Waals surface area contributed by atoms with Crippen LogP contribution in [0.3, 0.4) is 0 Å². The molecule has 38 heavy (non-hydrogen) atoms. The van der Waals surface area contributed by atoms with Crippen LogP contribution in [0.4, 0.5) is 11.4 Å². The number of carbonyl (C=O) groups is 3. The third-order valence-electron chi connectivity index (χ3n) is 8.66. The Balaban J connectivity index is 1.58. The molecule has 2 fully saturated rings. The number of likely N-dealkylation sites (tertiary alicyclic amines) is 1. The Labute approximate surface area is 224 Å². The molecule has 1 aromatic rings. The van der Waals surface area contributed by atoms with Crippen LogP contribution in [0.5, 0.6) is 0 Å². The average Bonchev–Trinajstić information content (AvgIpc) is 3.25. The first-order valence-corrected chi connectivity index (χ1v) is 13.7. The van der Waals surface area contributed by atoms with Gasteiger partial charge in [-0.25, -0.2) is 0 Å². The Morgan fingerprint density at radius 3 is 2.37 bits per heavy atom. The molecular formula is C29H38N4O5. The largest absolute Gasteiger partial charge is 0.394 e. The SMILES string of the molecule is CC[C@@H](CO)N1C(=O)[C@@H]2[C@@H]3C(=O)N(C)CC=C[C@@H]3O[C@@]23C=CCN(c2ccc(N(CC)CC)cc2)C(=O)C13. The van der Waals surface area contributed by atoms with Crippen LogP contribution in [-0.4, -0.2) is 96.3 Å². The van der Waals surface area contributed by atoms with E-state index in [1.165, 1.54) is 4.90 Å². The summed E-state index contributed by atoms with van der Waals surface area (Å²) in [7, 11) is 1.72. The van der Waals surface area contributed by atoms with E-state index < -0.39 is 35.6 Å². The van der Waals surface area contributed by atoms with Gasteiger partial charge in [0.05, 0.1) is 30.6 Å². The number of hydrogen-bond acceptors (Lipinski definition) is 6. The van der Waals surface area contributed by atoms with Crippen LogP contribution in [0, 0.1) is 11.8 Å². The smallest absolute Gasteiger partial charge is 0.253 e. The molecular weight excluding hydrogens is 484 g/mol. The molecule has 2 saturated heterocycles. The second-order valence-electron chi connectivity index (χ2n) is 10.5. The summed E-state index contributed by atoms with van der Waals surface area (Å²) < 4.78 is 6.61. The highest BCUT2D eigenvalue weighted by Gasteiger charge is 2.72. The zero-order valence-corrected chi connectivity index (χ0v) is 22.6. The summed E-state index contributed by atoms with van der Waals surface area (Å²) in [5, 5.41) is 10.2. The van der Waals surface area contributed by atoms with Crippen LogP contribution in [0.2, 0.25) is 0 Å². The van der Waals surface area contributed by atoms with E-state index in [0.717, 1.165) is 24.5 Å². The van der Waals surface area contributed by atoms with Crippen LogP contribution in [-0.2, 0) is 19.1 Å². The van der Waals surface area contributed by atoms with E-state index >= 15 is 0 Å². The van der Waals surface area contributed by atoms with E-state index in [2.05, 4.69) is 18.7 Å². The molecule has 1 N–H and O–H groups in total. The van der Waals surface area contributed by atoms with E-state index in [0.29, 0.717) is 19.5 Å². The van der Waals surface area contributed by atoms with Crippen molar-refractivity contribution in [2.24, 2.45) is 11.8 Å². The Bertz CT molecular complexity index is 1140. The van der Waals surface area contributed by atoms with E-state index in [-0.39, 0.29) is 24.3 Å². The van der Waals surface area contributed by atoms with Crippen molar-refractivity contribution in [2.75, 3.05) is 49.6 Å². The zero-order valence-electron chi connectivity index (χ0n) is 22.6. The first-order valence-electron chi connectivity index (χ1n) is 13.7. The number of fused-ring (bicyclic) bond motifs is 2. The minimum atomic E-state index is -1.29. The van der Waals surface area contributed by atoms with Gasteiger partial charge in [-0.15, -0.1) is 0 Å². The quantitative estimate of drug-likeness (QED) is 0.549. The number of likely N-dealkylation sites (N-methyl/N-ethyl adjacent to an activating group) is 1. The van der Waals surface area contributed by atoms with Gasteiger partial charge in [-0.05, 0) is 44.5 Å². The molecule has 204 valence electrons. The molecule has 1 spiro atoms. The van der Waals surface area contributed by atoms with Gasteiger partial charge >= 0.3 is 0 Å². The van der Waals surface area contributed by atoms with Crippen LogP contribution < -0.4 is 9.80 Å². The summed E-state index contributed by atoms with van der Waals surface area (Å²) in [6, 6.07) is 6.32. The van der Waals surface area contributed by atoms with Crippen LogP contribution in [0.1, 0.15) is 27.2 Å². The lowest BCUT2D eigenvalue weighted by atomic mass is 9.77. The molecule has 9 heteroatoms. The molecule has 6 atom stereocenters. The van der Waals surface area contributed by atoms with E-state index in [1.54, 1.807) is 16.8 Å². The van der Waals surface area contributed by atoms with Crippen molar-refractivity contribution in [2.45, 2.75) is 51.0 Å². The van der Waals surface area contributed by atoms with Gasteiger partial charge in [0.25, 0.3) is 5.91 Å². The number of anilines is 2. The first kappa shape index (κ1) is 26.4. The van der Waals surface area contributed by atoms with E-state index in [9.17, 15) is 19.5 Å². The second-order valence-corrected chi connectivity index (χ2v) is 10.5. The fourth-order valence-corrected chi connectivity index (χ4v) is 6.67. The summed E-state index contributed by atoms with van der Waals surface area (Å²) >= 11 is 0. The summed E-state index contributed by atoms with van der Waals surface area (Å²) in [6.45, 7) is 8.33. The number of rotatable bonds is 7. The number of carbonyl (C=O) groups excluding carboxylic acids is 3. The maximum atomic E-state index is 14.4.